The number of carbonyl (C=O) groups is 1. The van der Waals surface area contributed by atoms with Crippen LogP contribution in [0.4, 0.5) is 0 Å². The zero-order valence-corrected chi connectivity index (χ0v) is 11.8. The lowest BCUT2D eigenvalue weighted by atomic mass is 9.90. The Balaban J connectivity index is 1.68. The van der Waals surface area contributed by atoms with Gasteiger partial charge in [-0.1, -0.05) is 18.2 Å². The van der Waals surface area contributed by atoms with Crippen molar-refractivity contribution in [2.75, 3.05) is 13.1 Å². The molecule has 4 heteroatoms. The molecule has 20 heavy (non-hydrogen) atoms. The van der Waals surface area contributed by atoms with Crippen molar-refractivity contribution < 1.29 is 9.53 Å². The molecule has 108 valence electrons. The van der Waals surface area contributed by atoms with Gasteiger partial charge in [0.1, 0.15) is 5.75 Å². The fraction of sp³-hybridized carbons (Fsp3) is 0.562. The van der Waals surface area contributed by atoms with Crippen molar-refractivity contribution in [3.8, 4) is 5.75 Å². The SMILES string of the molecule is NCCCN(C(=O)C1Cc2ccccc2O1)C1CCC1. The molecule has 0 spiro atoms. The Morgan fingerprint density at radius 3 is 2.80 bits per heavy atom. The summed E-state index contributed by atoms with van der Waals surface area (Å²) in [6.07, 6.45) is 4.68. The third-order valence-electron chi connectivity index (χ3n) is 4.32. The van der Waals surface area contributed by atoms with Gasteiger partial charge in [-0.25, -0.2) is 0 Å². The van der Waals surface area contributed by atoms with Crippen molar-refractivity contribution in [1.29, 1.82) is 0 Å². The first-order chi connectivity index (χ1) is 9.79. The molecular formula is C16H22N2O2. The highest BCUT2D eigenvalue weighted by Crippen LogP contribution is 2.31. The van der Waals surface area contributed by atoms with E-state index in [0.29, 0.717) is 19.0 Å². The van der Waals surface area contributed by atoms with Gasteiger partial charge in [-0.05, 0) is 43.9 Å². The maximum Gasteiger partial charge on any atom is 0.264 e. The number of hydrogen-bond acceptors (Lipinski definition) is 3. The number of ether oxygens (including phenoxy) is 1. The van der Waals surface area contributed by atoms with Crippen LogP contribution in [-0.4, -0.2) is 36.0 Å². The lowest BCUT2D eigenvalue weighted by Crippen LogP contribution is -2.50. The molecule has 0 bridgehead atoms. The molecule has 0 saturated heterocycles. The molecule has 1 saturated carbocycles. The van der Waals surface area contributed by atoms with Crippen molar-refractivity contribution in [2.45, 2.75) is 44.2 Å². The van der Waals surface area contributed by atoms with Crippen molar-refractivity contribution in [2.24, 2.45) is 5.73 Å². The average molecular weight is 274 g/mol. The third-order valence-corrected chi connectivity index (χ3v) is 4.32. The minimum absolute atomic E-state index is 0.138. The first-order valence-electron chi connectivity index (χ1n) is 7.54. The van der Waals surface area contributed by atoms with Gasteiger partial charge in [0.2, 0.25) is 0 Å². The highest BCUT2D eigenvalue weighted by molar-refractivity contribution is 5.83. The maximum atomic E-state index is 12.7. The molecule has 1 aliphatic carbocycles. The smallest absolute Gasteiger partial charge is 0.264 e. The quantitative estimate of drug-likeness (QED) is 0.889. The summed E-state index contributed by atoms with van der Waals surface area (Å²) in [5, 5.41) is 0. The zero-order valence-electron chi connectivity index (χ0n) is 11.8. The molecule has 1 amide bonds. The molecule has 4 nitrogen and oxygen atoms in total. The monoisotopic (exact) mass is 274 g/mol. The number of benzene rings is 1. The number of hydrogen-bond donors (Lipinski definition) is 1. The lowest BCUT2D eigenvalue weighted by molar-refractivity contribution is -0.142. The van der Waals surface area contributed by atoms with Crippen molar-refractivity contribution in [3.63, 3.8) is 0 Å². The zero-order chi connectivity index (χ0) is 13.9. The van der Waals surface area contributed by atoms with Gasteiger partial charge in [-0.2, -0.15) is 0 Å². The number of rotatable bonds is 5. The van der Waals surface area contributed by atoms with E-state index in [-0.39, 0.29) is 12.0 Å². The van der Waals surface area contributed by atoms with Crippen LogP contribution in [0.15, 0.2) is 24.3 Å². The number of carbonyl (C=O) groups excluding carboxylic acids is 1. The van der Waals surface area contributed by atoms with Gasteiger partial charge in [-0.15, -0.1) is 0 Å². The summed E-state index contributed by atoms with van der Waals surface area (Å²) in [5.74, 6) is 0.998. The van der Waals surface area contributed by atoms with Crippen LogP contribution in [0.25, 0.3) is 0 Å². The Kier molecular flexibility index (Phi) is 3.92. The minimum Gasteiger partial charge on any atom is -0.480 e. The van der Waals surface area contributed by atoms with Crippen molar-refractivity contribution in [1.82, 2.24) is 4.90 Å². The number of nitrogens with zero attached hydrogens (tertiary/aromatic N) is 1. The predicted octanol–water partition coefficient (Wildman–Crippen LogP) is 1.72. The fourth-order valence-electron chi connectivity index (χ4n) is 2.94. The van der Waals surface area contributed by atoms with E-state index in [1.165, 1.54) is 6.42 Å². The second-order valence-electron chi connectivity index (χ2n) is 5.68. The summed E-state index contributed by atoms with van der Waals surface area (Å²) in [4.78, 5) is 14.7. The summed E-state index contributed by atoms with van der Waals surface area (Å²) in [7, 11) is 0. The minimum atomic E-state index is -0.342. The van der Waals surface area contributed by atoms with Gasteiger partial charge in [-0.3, -0.25) is 4.79 Å². The topological polar surface area (TPSA) is 55.6 Å². The standard InChI is InChI=1S/C16H22N2O2/c17-9-4-10-18(13-6-3-7-13)16(19)15-11-12-5-1-2-8-14(12)20-15/h1-2,5,8,13,15H,3-4,6-7,9-11,17H2. The third kappa shape index (κ3) is 2.52. The Hall–Kier alpha value is -1.55. The van der Waals surface area contributed by atoms with E-state index in [4.69, 9.17) is 10.5 Å². The first-order valence-corrected chi connectivity index (χ1v) is 7.54. The molecule has 1 heterocycles. The molecule has 1 aromatic rings. The van der Waals surface area contributed by atoms with Gasteiger partial charge >= 0.3 is 0 Å². The molecule has 1 unspecified atom stereocenters. The second-order valence-corrected chi connectivity index (χ2v) is 5.68. The van der Waals surface area contributed by atoms with Gasteiger partial charge in [0.15, 0.2) is 6.10 Å². The van der Waals surface area contributed by atoms with Crippen LogP contribution in [0.5, 0.6) is 5.75 Å². The summed E-state index contributed by atoms with van der Waals surface area (Å²) < 4.78 is 5.83. The number of fused-ring (bicyclic) bond motifs is 1. The van der Waals surface area contributed by atoms with Gasteiger partial charge in [0, 0.05) is 19.0 Å². The largest absolute Gasteiger partial charge is 0.480 e. The number of amides is 1. The van der Waals surface area contributed by atoms with Crippen LogP contribution in [0.3, 0.4) is 0 Å². The molecule has 2 N–H and O–H groups in total. The highest BCUT2D eigenvalue weighted by Gasteiger charge is 2.36. The van der Waals surface area contributed by atoms with Crippen LogP contribution in [0, 0.1) is 0 Å². The maximum absolute atomic E-state index is 12.7. The number of nitrogens with two attached hydrogens (primary N) is 1. The van der Waals surface area contributed by atoms with Gasteiger partial charge in [0.25, 0.3) is 5.91 Å². The Morgan fingerprint density at radius 1 is 1.35 bits per heavy atom. The highest BCUT2D eigenvalue weighted by atomic mass is 16.5. The van der Waals surface area contributed by atoms with E-state index >= 15 is 0 Å². The normalized spacial score (nSPS) is 20.9. The van der Waals surface area contributed by atoms with Crippen LogP contribution in [0.2, 0.25) is 0 Å². The molecule has 1 fully saturated rings. The molecular weight excluding hydrogens is 252 g/mol. The Labute approximate surface area is 119 Å². The average Bonchev–Trinajstić information content (AvgIpc) is 2.84. The van der Waals surface area contributed by atoms with Crippen molar-refractivity contribution >= 4 is 5.91 Å². The molecule has 1 aliphatic heterocycles. The number of para-hydroxylation sites is 1. The van der Waals surface area contributed by atoms with E-state index in [1.54, 1.807) is 0 Å². The van der Waals surface area contributed by atoms with Crippen LogP contribution in [0.1, 0.15) is 31.2 Å². The van der Waals surface area contributed by atoms with E-state index in [0.717, 1.165) is 37.1 Å². The van der Waals surface area contributed by atoms with E-state index in [1.807, 2.05) is 29.2 Å². The predicted molar refractivity (Wildman–Crippen MR) is 77.6 cm³/mol. The second kappa shape index (κ2) is 5.83. The molecule has 3 rings (SSSR count). The molecule has 0 aromatic heterocycles. The Morgan fingerprint density at radius 2 is 2.15 bits per heavy atom. The Bertz CT molecular complexity index is 460. The summed E-state index contributed by atoms with van der Waals surface area (Å²) in [5.41, 5.74) is 6.73. The molecule has 0 radical (unpaired) electrons. The van der Waals surface area contributed by atoms with E-state index in [9.17, 15) is 4.79 Å². The molecule has 2 aliphatic rings. The lowest BCUT2D eigenvalue weighted by Gasteiger charge is -2.38. The summed E-state index contributed by atoms with van der Waals surface area (Å²) in [6, 6.07) is 8.32. The first kappa shape index (κ1) is 13.4. The van der Waals surface area contributed by atoms with E-state index in [2.05, 4.69) is 0 Å². The van der Waals surface area contributed by atoms with Gasteiger partial charge in [0.05, 0.1) is 0 Å². The van der Waals surface area contributed by atoms with Crippen LogP contribution in [-0.2, 0) is 11.2 Å². The molecule has 1 aromatic carbocycles. The fourth-order valence-corrected chi connectivity index (χ4v) is 2.94. The van der Waals surface area contributed by atoms with Crippen molar-refractivity contribution in [3.05, 3.63) is 29.8 Å². The van der Waals surface area contributed by atoms with E-state index < -0.39 is 0 Å². The summed E-state index contributed by atoms with van der Waals surface area (Å²) in [6.45, 7) is 1.39. The molecule has 1 atom stereocenters. The van der Waals surface area contributed by atoms with Crippen LogP contribution >= 0.6 is 0 Å². The summed E-state index contributed by atoms with van der Waals surface area (Å²) >= 11 is 0. The van der Waals surface area contributed by atoms with Crippen LogP contribution < -0.4 is 10.5 Å². The van der Waals surface area contributed by atoms with Gasteiger partial charge < -0.3 is 15.4 Å².